The van der Waals surface area contributed by atoms with Gasteiger partial charge in [-0.15, -0.1) is 11.3 Å². The van der Waals surface area contributed by atoms with E-state index in [9.17, 15) is 26.3 Å². The molecule has 1 rings (SSSR count). The summed E-state index contributed by atoms with van der Waals surface area (Å²) in [5, 5.41) is 0. The van der Waals surface area contributed by atoms with E-state index in [4.69, 9.17) is 5.84 Å². The molecule has 3 N–H and O–H groups in total. The normalized spacial score (nSPS) is 15.0. The zero-order chi connectivity index (χ0) is 14.8. The Morgan fingerprint density at radius 2 is 1.68 bits per heavy atom. The first-order valence-corrected chi connectivity index (χ1v) is 6.50. The minimum Gasteiger partial charge on any atom is -0.271 e. The highest BCUT2D eigenvalue weighted by atomic mass is 79.9. The molecule has 1 atom stereocenters. The van der Waals surface area contributed by atoms with E-state index in [1.807, 2.05) is 0 Å². The zero-order valence-electron chi connectivity index (χ0n) is 9.15. The van der Waals surface area contributed by atoms with Crippen LogP contribution < -0.4 is 11.3 Å². The molecule has 1 unspecified atom stereocenters. The Kier molecular flexibility index (Phi) is 5.27. The maximum atomic E-state index is 12.5. The zero-order valence-corrected chi connectivity index (χ0v) is 11.6. The van der Waals surface area contributed by atoms with Crippen LogP contribution in [0.15, 0.2) is 15.9 Å². The van der Waals surface area contributed by atoms with Crippen molar-refractivity contribution in [1.29, 1.82) is 0 Å². The smallest absolute Gasteiger partial charge is 0.271 e. The van der Waals surface area contributed by atoms with Crippen molar-refractivity contribution in [2.45, 2.75) is 24.8 Å². The first kappa shape index (κ1) is 16.7. The second kappa shape index (κ2) is 5.98. The molecule has 0 radical (unpaired) electrons. The van der Waals surface area contributed by atoms with Crippen molar-refractivity contribution in [3.63, 3.8) is 0 Å². The SMILES string of the molecule is NNC(Cc1ccc(Br)s1)C(C(F)(F)F)C(F)(F)F. The van der Waals surface area contributed by atoms with Gasteiger partial charge < -0.3 is 0 Å². The minimum absolute atomic E-state index is 0.369. The third kappa shape index (κ3) is 4.62. The second-order valence-electron chi connectivity index (χ2n) is 3.74. The van der Waals surface area contributed by atoms with Gasteiger partial charge in [-0.2, -0.15) is 26.3 Å². The highest BCUT2D eigenvalue weighted by molar-refractivity contribution is 9.11. The molecule has 0 saturated heterocycles. The van der Waals surface area contributed by atoms with Crippen LogP contribution in [0.5, 0.6) is 0 Å². The quantitative estimate of drug-likeness (QED) is 0.482. The molecule has 1 aromatic rings. The molecule has 0 fully saturated rings. The molecule has 110 valence electrons. The summed E-state index contributed by atoms with van der Waals surface area (Å²) in [7, 11) is 0. The summed E-state index contributed by atoms with van der Waals surface area (Å²) in [6.45, 7) is 0. The fraction of sp³-hybridized carbons (Fsp3) is 0.556. The van der Waals surface area contributed by atoms with Gasteiger partial charge in [0.05, 0.1) is 3.79 Å². The Hall–Kier alpha value is -0.320. The number of hydrogen-bond donors (Lipinski definition) is 2. The van der Waals surface area contributed by atoms with Gasteiger partial charge >= 0.3 is 12.4 Å². The van der Waals surface area contributed by atoms with Gasteiger partial charge in [0.25, 0.3) is 0 Å². The van der Waals surface area contributed by atoms with Crippen molar-refractivity contribution in [3.8, 4) is 0 Å². The molecule has 0 aliphatic carbocycles. The standard InChI is InChI=1S/C9H9BrF6N2S/c10-6-2-1-4(19-6)3-5(18-17)7(8(11,12)13)9(14,15)16/h1-2,5,7,18H,3,17H2. The van der Waals surface area contributed by atoms with Crippen LogP contribution in [-0.4, -0.2) is 18.4 Å². The van der Waals surface area contributed by atoms with Crippen LogP contribution in [0.4, 0.5) is 26.3 Å². The maximum absolute atomic E-state index is 12.5. The van der Waals surface area contributed by atoms with Crippen LogP contribution in [0.25, 0.3) is 0 Å². The molecule has 10 heteroatoms. The summed E-state index contributed by atoms with van der Waals surface area (Å²) in [6.07, 6.45) is -11.3. The van der Waals surface area contributed by atoms with Crippen LogP contribution in [0.1, 0.15) is 4.88 Å². The summed E-state index contributed by atoms with van der Waals surface area (Å²) in [5.74, 6) is 1.36. The average molecular weight is 371 g/mol. The van der Waals surface area contributed by atoms with Crippen molar-refractivity contribution in [3.05, 3.63) is 20.8 Å². The molecule has 0 spiro atoms. The number of alkyl halides is 6. The maximum Gasteiger partial charge on any atom is 0.402 e. The Balaban J connectivity index is 2.97. The van der Waals surface area contributed by atoms with Crippen molar-refractivity contribution in [2.24, 2.45) is 11.8 Å². The molecule has 0 amide bonds. The molecule has 0 bridgehead atoms. The Bertz CT molecular complexity index is 402. The van der Waals surface area contributed by atoms with Gasteiger partial charge in [0.15, 0.2) is 5.92 Å². The predicted molar refractivity (Wildman–Crippen MR) is 62.4 cm³/mol. The van der Waals surface area contributed by atoms with Crippen molar-refractivity contribution in [1.82, 2.24) is 5.43 Å². The van der Waals surface area contributed by atoms with Gasteiger partial charge in [-0.05, 0) is 34.5 Å². The molecule has 1 aromatic heterocycles. The first-order chi connectivity index (χ1) is 8.55. The Morgan fingerprint density at radius 3 is 2.00 bits per heavy atom. The van der Waals surface area contributed by atoms with E-state index in [0.717, 1.165) is 11.3 Å². The molecular weight excluding hydrogens is 362 g/mol. The minimum atomic E-state index is -5.41. The highest BCUT2D eigenvalue weighted by Gasteiger charge is 2.60. The number of hydrazine groups is 1. The third-order valence-electron chi connectivity index (χ3n) is 2.37. The van der Waals surface area contributed by atoms with E-state index >= 15 is 0 Å². The third-order valence-corrected chi connectivity index (χ3v) is 4.02. The fourth-order valence-corrected chi connectivity index (χ4v) is 3.13. The predicted octanol–water partition coefficient (Wildman–Crippen LogP) is 3.63. The van der Waals surface area contributed by atoms with Crippen LogP contribution in [-0.2, 0) is 6.42 Å². The summed E-state index contributed by atoms with van der Waals surface area (Å²) < 4.78 is 75.9. The Labute approximate surface area is 117 Å². The molecule has 19 heavy (non-hydrogen) atoms. The van der Waals surface area contributed by atoms with Crippen LogP contribution in [0, 0.1) is 5.92 Å². The average Bonchev–Trinajstić information content (AvgIpc) is 2.58. The molecule has 0 aliphatic rings. The van der Waals surface area contributed by atoms with Gasteiger partial charge in [0.2, 0.25) is 0 Å². The van der Waals surface area contributed by atoms with Gasteiger partial charge in [0.1, 0.15) is 0 Å². The lowest BCUT2D eigenvalue weighted by molar-refractivity contribution is -0.291. The number of nitrogens with one attached hydrogen (secondary N) is 1. The lowest BCUT2D eigenvalue weighted by Crippen LogP contribution is -2.54. The topological polar surface area (TPSA) is 38.0 Å². The van der Waals surface area contributed by atoms with E-state index in [0.29, 0.717) is 8.66 Å². The lowest BCUT2D eigenvalue weighted by atomic mass is 9.95. The van der Waals surface area contributed by atoms with E-state index in [1.54, 1.807) is 11.5 Å². The number of halogens is 7. The molecule has 0 saturated carbocycles. The first-order valence-electron chi connectivity index (χ1n) is 4.89. The van der Waals surface area contributed by atoms with Gasteiger partial charge in [0, 0.05) is 10.9 Å². The van der Waals surface area contributed by atoms with Gasteiger partial charge in [-0.1, -0.05) is 0 Å². The number of thiophene rings is 1. The van der Waals surface area contributed by atoms with Crippen LogP contribution in [0.3, 0.4) is 0 Å². The molecule has 2 nitrogen and oxygen atoms in total. The summed E-state index contributed by atoms with van der Waals surface area (Å²) in [4.78, 5) is 0.369. The lowest BCUT2D eigenvalue weighted by Gasteiger charge is -2.29. The van der Waals surface area contributed by atoms with Crippen molar-refractivity contribution < 1.29 is 26.3 Å². The van der Waals surface area contributed by atoms with E-state index < -0.39 is 30.7 Å². The summed E-state index contributed by atoms with van der Waals surface area (Å²) in [5.41, 5.74) is 1.62. The van der Waals surface area contributed by atoms with E-state index in [2.05, 4.69) is 15.9 Å². The van der Waals surface area contributed by atoms with Gasteiger partial charge in [-0.3, -0.25) is 11.3 Å². The van der Waals surface area contributed by atoms with E-state index in [-0.39, 0.29) is 0 Å². The molecule has 0 aliphatic heterocycles. The van der Waals surface area contributed by atoms with Gasteiger partial charge in [-0.25, -0.2) is 0 Å². The highest BCUT2D eigenvalue weighted by Crippen LogP contribution is 2.42. The van der Waals surface area contributed by atoms with Crippen LogP contribution >= 0.6 is 27.3 Å². The fourth-order valence-electron chi connectivity index (χ4n) is 1.59. The number of nitrogens with two attached hydrogens (primary N) is 1. The monoisotopic (exact) mass is 370 g/mol. The second-order valence-corrected chi connectivity index (χ2v) is 6.29. The molecule has 0 aromatic carbocycles. The summed E-state index contributed by atoms with van der Waals surface area (Å²) >= 11 is 4.14. The summed E-state index contributed by atoms with van der Waals surface area (Å²) in [6, 6.07) is 1.03. The Morgan fingerprint density at radius 1 is 1.16 bits per heavy atom. The number of rotatable bonds is 4. The van der Waals surface area contributed by atoms with Crippen LogP contribution in [0.2, 0.25) is 0 Å². The van der Waals surface area contributed by atoms with E-state index in [1.165, 1.54) is 6.07 Å². The number of hydrogen-bond acceptors (Lipinski definition) is 3. The van der Waals surface area contributed by atoms with Crippen molar-refractivity contribution in [2.75, 3.05) is 0 Å². The molecule has 1 heterocycles. The molecular formula is C9H9BrF6N2S. The largest absolute Gasteiger partial charge is 0.402 e. The van der Waals surface area contributed by atoms with Crippen molar-refractivity contribution >= 4 is 27.3 Å².